The molecule has 6 aromatic carbocycles. The van der Waals surface area contributed by atoms with Gasteiger partial charge in [-0.05, 0) is 79.7 Å². The highest BCUT2D eigenvalue weighted by atomic mass is 35.5. The lowest BCUT2D eigenvalue weighted by molar-refractivity contribution is 0.318. The van der Waals surface area contributed by atoms with E-state index in [1.54, 1.807) is 42.5 Å². The maximum atomic E-state index is 9.97. The minimum absolute atomic E-state index is 0.0378. The van der Waals surface area contributed by atoms with Crippen LogP contribution < -0.4 is 30.5 Å². The molecule has 0 fully saturated rings. The monoisotopic (exact) mass is 1010 g/mol. The number of phenols is 2. The first-order valence-corrected chi connectivity index (χ1v) is 23.5. The largest absolute Gasteiger partial charge is 0.508 e. The van der Waals surface area contributed by atoms with Crippen LogP contribution in [0.1, 0.15) is 27.8 Å². The third-order valence-electron chi connectivity index (χ3n) is 11.4. The van der Waals surface area contributed by atoms with Gasteiger partial charge in [-0.15, -0.1) is 0 Å². The minimum atomic E-state index is -0.216. The van der Waals surface area contributed by atoms with Gasteiger partial charge in [-0.3, -0.25) is 15.4 Å². The number of halogens is 1. The fraction of sp³-hybridized carbons (Fsp3) is 0.127. The van der Waals surface area contributed by atoms with E-state index in [1.165, 1.54) is 30.3 Å². The molecule has 2 aliphatic heterocycles. The lowest BCUT2D eigenvalue weighted by atomic mass is 10.1. The van der Waals surface area contributed by atoms with E-state index in [2.05, 4.69) is 44.9 Å². The molecule has 0 atom stereocenters. The number of amidine groups is 4. The Balaban J connectivity index is 0.000000182. The number of hydrogen-bond acceptors (Lipinski definition) is 16. The van der Waals surface area contributed by atoms with Crippen LogP contribution in [-0.4, -0.2) is 104 Å². The van der Waals surface area contributed by atoms with Crippen LogP contribution in [0.2, 0.25) is 5.02 Å². The van der Waals surface area contributed by atoms with Crippen molar-refractivity contribution < 1.29 is 29.3 Å². The zero-order valence-corrected chi connectivity index (χ0v) is 41.1. The van der Waals surface area contributed by atoms with Crippen LogP contribution in [0, 0.1) is 12.3 Å². The molecule has 0 amide bonds. The number of aromatic nitrogens is 4. The molecule has 4 heterocycles. The molecule has 10 rings (SSSR count). The molecule has 2 aliphatic rings. The van der Waals surface area contributed by atoms with Crippen molar-refractivity contribution in [3.63, 3.8) is 0 Å². The van der Waals surface area contributed by atoms with E-state index in [9.17, 15) is 10.2 Å². The number of nitrogens with two attached hydrogens (primary N) is 2. The van der Waals surface area contributed by atoms with Crippen molar-refractivity contribution in [2.75, 3.05) is 40.3 Å². The van der Waals surface area contributed by atoms with E-state index in [1.807, 2.05) is 99.9 Å². The van der Waals surface area contributed by atoms with Gasteiger partial charge in [0.2, 0.25) is 5.88 Å². The predicted octanol–water partition coefficient (Wildman–Crippen LogP) is 9.40. The highest BCUT2D eigenvalue weighted by Crippen LogP contribution is 2.34. The summed E-state index contributed by atoms with van der Waals surface area (Å²) in [5, 5.41) is 31.9. The lowest BCUT2D eigenvalue weighted by Gasteiger charge is -2.15. The number of hydrogen-bond donors (Lipinski definition) is 5. The average molecular weight is 1010 g/mol. The van der Waals surface area contributed by atoms with E-state index < -0.39 is 0 Å². The van der Waals surface area contributed by atoms with Crippen molar-refractivity contribution in [2.45, 2.75) is 6.92 Å². The molecule has 8 aromatic rings. The summed E-state index contributed by atoms with van der Waals surface area (Å²) in [6.45, 7) is 5.29. The van der Waals surface area contributed by atoms with Gasteiger partial charge in [-0.25, -0.2) is 0 Å². The van der Waals surface area contributed by atoms with E-state index in [0.717, 1.165) is 65.7 Å². The van der Waals surface area contributed by atoms with Gasteiger partial charge in [0.1, 0.15) is 46.3 Å². The van der Waals surface area contributed by atoms with E-state index >= 15 is 0 Å². The van der Waals surface area contributed by atoms with Crippen LogP contribution in [-0.2, 0) is 0 Å². The summed E-state index contributed by atoms with van der Waals surface area (Å²) < 4.78 is 18.1. The maximum absolute atomic E-state index is 9.97. The summed E-state index contributed by atoms with van der Waals surface area (Å²) in [7, 11) is 4.01. The molecule has 0 unspecified atom stereocenters. The van der Waals surface area contributed by atoms with Crippen LogP contribution in [0.25, 0.3) is 22.5 Å². The second-order valence-electron chi connectivity index (χ2n) is 16.9. The molecule has 0 spiro atoms. The molecule has 2 aromatic heterocycles. The Morgan fingerprint density at radius 1 is 0.595 bits per heavy atom. The summed E-state index contributed by atoms with van der Waals surface area (Å²) in [5.41, 5.74) is 18.4. The normalized spacial score (nSPS) is 13.1. The Morgan fingerprint density at radius 3 is 1.73 bits per heavy atom. The van der Waals surface area contributed by atoms with Crippen LogP contribution in [0.5, 0.6) is 52.5 Å². The number of aryl methyl sites for hydroxylation is 1. The Kier molecular flexibility index (Phi) is 14.9. The number of nitrogens with zero attached hydrogens (tertiary/aromatic N) is 9. The SMILES string of the molecule is CN1CCN=C1c1cccc(Oc2nc(Oc3cc(O)ccc3C(=N)N)cc(-c3cccc(Cl)c3)n2)c1.Cc1ccc(-c2cc(ON=C(N)c3ccc(O)cc3)nc(Oc3cccc(C4=NCCN4C)c3)n2)cc1. The lowest BCUT2D eigenvalue weighted by Crippen LogP contribution is -2.23. The number of aromatic hydroxyl groups is 2. The van der Waals surface area contributed by atoms with Crippen LogP contribution in [0.4, 0.5) is 0 Å². The molecule has 7 N–H and O–H groups in total. The Bertz CT molecular complexity index is 3450. The van der Waals surface area contributed by atoms with Gasteiger partial charge in [0.05, 0.1) is 30.0 Å². The summed E-state index contributed by atoms with van der Waals surface area (Å²) in [6.07, 6.45) is 0. The molecule has 18 nitrogen and oxygen atoms in total. The van der Waals surface area contributed by atoms with Crippen LogP contribution >= 0.6 is 11.6 Å². The molecule has 0 aliphatic carbocycles. The highest BCUT2D eigenvalue weighted by Gasteiger charge is 2.19. The van der Waals surface area contributed by atoms with Crippen molar-refractivity contribution in [1.82, 2.24) is 29.7 Å². The molecule has 0 bridgehead atoms. The molecule has 0 saturated carbocycles. The average Bonchev–Trinajstić information content (AvgIpc) is 4.03. The zero-order valence-electron chi connectivity index (χ0n) is 40.3. The third-order valence-corrected chi connectivity index (χ3v) is 11.7. The summed E-state index contributed by atoms with van der Waals surface area (Å²) >= 11 is 6.21. The van der Waals surface area contributed by atoms with E-state index in [-0.39, 0.29) is 52.7 Å². The molecule has 372 valence electrons. The van der Waals surface area contributed by atoms with Crippen LogP contribution in [0.3, 0.4) is 0 Å². The second-order valence-corrected chi connectivity index (χ2v) is 17.4. The van der Waals surface area contributed by atoms with E-state index in [0.29, 0.717) is 39.0 Å². The smallest absolute Gasteiger partial charge is 0.325 e. The predicted molar refractivity (Wildman–Crippen MR) is 284 cm³/mol. The number of aliphatic imine (C=N–C) groups is 2. The molecule has 0 saturated heterocycles. The first kappa shape index (κ1) is 49.4. The summed E-state index contributed by atoms with van der Waals surface area (Å²) in [4.78, 5) is 36.9. The number of oxime groups is 1. The van der Waals surface area contributed by atoms with Gasteiger partial charge in [-0.2, -0.15) is 19.9 Å². The number of nitrogens with one attached hydrogen (secondary N) is 1. The van der Waals surface area contributed by atoms with Gasteiger partial charge < -0.3 is 50.5 Å². The second kappa shape index (κ2) is 22.3. The quantitative estimate of drug-likeness (QED) is 0.0387. The highest BCUT2D eigenvalue weighted by molar-refractivity contribution is 6.30. The molecule has 19 heteroatoms. The van der Waals surface area contributed by atoms with Crippen molar-refractivity contribution in [1.29, 1.82) is 5.41 Å². The first-order chi connectivity index (χ1) is 35.8. The van der Waals surface area contributed by atoms with Crippen molar-refractivity contribution >= 4 is 34.9 Å². The standard InChI is InChI=1S/C28H26N6O3.C27H23ClN6O3/c1-18-6-8-19(9-7-18)24-17-25(37-33-26(29)20-10-12-22(35)13-11-20)32-28(31-24)36-23-5-3-4-21(16-23)27-30-14-15-34(27)2;1-34-11-10-31-26(34)17-5-3-7-20(13-17)36-27-32-22(16-4-2-6-18(28)12-16)15-24(33-27)37-23-14-19(35)8-9-21(23)25(29)30/h3-13,16-17,35H,14-15H2,1-2H3,(H2,29,33);2-9,12-15,35H,10-11H2,1H3,(H3,29,30). The zero-order chi connectivity index (χ0) is 51.7. The first-order valence-electron chi connectivity index (χ1n) is 23.1. The van der Waals surface area contributed by atoms with Gasteiger partial charge >= 0.3 is 12.0 Å². The van der Waals surface area contributed by atoms with Gasteiger partial charge in [-0.1, -0.05) is 83.0 Å². The molecular formula is C55H49ClN12O6. The number of nitrogen functional groups attached to an aromatic ring is 1. The number of likely N-dealkylation sites (N-methyl/N-ethyl adjacent to an activating group) is 2. The Labute approximate surface area is 431 Å². The third kappa shape index (κ3) is 12.3. The van der Waals surface area contributed by atoms with Crippen molar-refractivity contribution in [2.24, 2.45) is 26.6 Å². The van der Waals surface area contributed by atoms with Gasteiger partial charge in [0.25, 0.3) is 5.88 Å². The van der Waals surface area contributed by atoms with E-state index in [4.69, 9.17) is 47.5 Å². The van der Waals surface area contributed by atoms with Gasteiger partial charge in [0.15, 0.2) is 5.84 Å². The number of benzene rings is 6. The Hall–Kier alpha value is -9.55. The number of ether oxygens (including phenoxy) is 3. The fourth-order valence-electron chi connectivity index (χ4n) is 7.67. The topological polar surface area (TPSA) is 248 Å². The van der Waals surface area contributed by atoms with Crippen molar-refractivity contribution in [3.05, 3.63) is 184 Å². The van der Waals surface area contributed by atoms with Crippen molar-refractivity contribution in [3.8, 4) is 75.0 Å². The molecule has 74 heavy (non-hydrogen) atoms. The summed E-state index contributed by atoms with van der Waals surface area (Å²) in [6, 6.07) is 44.3. The minimum Gasteiger partial charge on any atom is -0.508 e. The molecular weight excluding hydrogens is 960 g/mol. The number of phenolic OH excluding ortho intramolecular Hbond substituents is 2. The van der Waals surface area contributed by atoms with Crippen LogP contribution in [0.15, 0.2) is 167 Å². The Morgan fingerprint density at radius 2 is 1.15 bits per heavy atom. The maximum Gasteiger partial charge on any atom is 0.325 e. The fourth-order valence-corrected chi connectivity index (χ4v) is 7.86. The summed E-state index contributed by atoms with van der Waals surface area (Å²) in [5.74, 6) is 3.37. The molecule has 0 radical (unpaired) electrons. The van der Waals surface area contributed by atoms with Gasteiger partial charge in [0, 0.05) is 78.2 Å². The number of rotatable bonds is 14.